The maximum Gasteiger partial charge on any atom is 0.335 e. The standard InChI is InChI=1S/C13H15BrN2O4/c1-13(4-5-20-7-13)16-12(19)15-10-6-8(11(17)18)2-3-9(10)14/h2-3,6H,4-5,7H2,1H3,(H,17,18)(H2,15,16,19). The molecule has 7 heteroatoms. The minimum atomic E-state index is -1.04. The first-order chi connectivity index (χ1) is 9.39. The fourth-order valence-electron chi connectivity index (χ4n) is 1.95. The third-order valence-electron chi connectivity index (χ3n) is 3.10. The number of carboxylic acid groups (broad SMARTS) is 1. The van der Waals surface area contributed by atoms with Gasteiger partial charge in [-0.05, 0) is 47.5 Å². The van der Waals surface area contributed by atoms with Gasteiger partial charge in [0.15, 0.2) is 0 Å². The zero-order chi connectivity index (χ0) is 14.8. The van der Waals surface area contributed by atoms with E-state index in [1.165, 1.54) is 12.1 Å². The van der Waals surface area contributed by atoms with Crippen molar-refractivity contribution in [1.29, 1.82) is 0 Å². The van der Waals surface area contributed by atoms with Crippen LogP contribution in [-0.4, -0.2) is 35.9 Å². The first kappa shape index (κ1) is 14.8. The summed E-state index contributed by atoms with van der Waals surface area (Å²) in [5.41, 5.74) is 0.130. The van der Waals surface area contributed by atoms with Gasteiger partial charge in [-0.2, -0.15) is 0 Å². The predicted molar refractivity (Wildman–Crippen MR) is 77.1 cm³/mol. The second-order valence-corrected chi connectivity index (χ2v) is 5.80. The smallest absolute Gasteiger partial charge is 0.335 e. The second-order valence-electron chi connectivity index (χ2n) is 4.94. The van der Waals surface area contributed by atoms with Crippen LogP contribution in [0, 0.1) is 0 Å². The minimum Gasteiger partial charge on any atom is -0.478 e. The van der Waals surface area contributed by atoms with Crippen molar-refractivity contribution < 1.29 is 19.4 Å². The molecule has 0 aliphatic carbocycles. The number of rotatable bonds is 3. The quantitative estimate of drug-likeness (QED) is 0.787. The predicted octanol–water partition coefficient (Wildman–Crippen LogP) is 2.45. The number of urea groups is 1. The van der Waals surface area contributed by atoms with Crippen LogP contribution in [0.5, 0.6) is 0 Å². The number of benzene rings is 1. The zero-order valence-corrected chi connectivity index (χ0v) is 12.5. The third-order valence-corrected chi connectivity index (χ3v) is 3.79. The fourth-order valence-corrected chi connectivity index (χ4v) is 2.29. The number of hydrogen-bond acceptors (Lipinski definition) is 3. The Morgan fingerprint density at radius 2 is 2.20 bits per heavy atom. The van der Waals surface area contributed by atoms with Gasteiger partial charge < -0.3 is 20.5 Å². The molecule has 20 heavy (non-hydrogen) atoms. The molecule has 6 nitrogen and oxygen atoms in total. The topological polar surface area (TPSA) is 87.7 Å². The SMILES string of the molecule is CC1(NC(=O)Nc2cc(C(=O)O)ccc2Br)CCOC1. The fraction of sp³-hybridized carbons (Fsp3) is 0.385. The van der Waals surface area contributed by atoms with Gasteiger partial charge in [0.05, 0.1) is 23.4 Å². The van der Waals surface area contributed by atoms with E-state index in [1.807, 2.05) is 6.92 Å². The van der Waals surface area contributed by atoms with Crippen LogP contribution in [0.2, 0.25) is 0 Å². The van der Waals surface area contributed by atoms with Crippen LogP contribution in [-0.2, 0) is 4.74 Å². The summed E-state index contributed by atoms with van der Waals surface area (Å²) in [5.74, 6) is -1.04. The number of hydrogen-bond donors (Lipinski definition) is 3. The number of amides is 2. The van der Waals surface area contributed by atoms with Gasteiger partial charge in [-0.1, -0.05) is 0 Å². The molecule has 3 N–H and O–H groups in total. The van der Waals surface area contributed by atoms with Crippen molar-refractivity contribution in [3.8, 4) is 0 Å². The third kappa shape index (κ3) is 3.49. The van der Waals surface area contributed by atoms with Gasteiger partial charge in [0.1, 0.15) is 0 Å². The van der Waals surface area contributed by atoms with Gasteiger partial charge in [-0.25, -0.2) is 9.59 Å². The molecule has 2 rings (SSSR count). The van der Waals surface area contributed by atoms with E-state index in [-0.39, 0.29) is 17.1 Å². The van der Waals surface area contributed by atoms with Crippen LogP contribution in [0.1, 0.15) is 23.7 Å². The summed E-state index contributed by atoms with van der Waals surface area (Å²) >= 11 is 3.27. The molecule has 1 saturated heterocycles. The number of carboxylic acids is 1. The number of nitrogens with one attached hydrogen (secondary N) is 2. The van der Waals surface area contributed by atoms with Crippen LogP contribution in [0.3, 0.4) is 0 Å². The van der Waals surface area contributed by atoms with Crippen LogP contribution >= 0.6 is 15.9 Å². The average molecular weight is 343 g/mol. The number of aromatic carboxylic acids is 1. The summed E-state index contributed by atoms with van der Waals surface area (Å²) in [6.07, 6.45) is 0.747. The van der Waals surface area contributed by atoms with Crippen molar-refractivity contribution in [3.05, 3.63) is 28.2 Å². The Morgan fingerprint density at radius 3 is 2.80 bits per heavy atom. The van der Waals surface area contributed by atoms with E-state index in [1.54, 1.807) is 6.07 Å². The lowest BCUT2D eigenvalue weighted by Crippen LogP contribution is -2.48. The Morgan fingerprint density at radius 1 is 1.45 bits per heavy atom. The summed E-state index contributed by atoms with van der Waals surface area (Å²) in [5, 5.41) is 14.4. The summed E-state index contributed by atoms with van der Waals surface area (Å²) in [6, 6.07) is 4.06. The number of carbonyl (C=O) groups excluding carboxylic acids is 1. The number of ether oxygens (including phenoxy) is 1. The van der Waals surface area contributed by atoms with Crippen LogP contribution < -0.4 is 10.6 Å². The summed E-state index contributed by atoms with van der Waals surface area (Å²) in [6.45, 7) is 2.99. The molecule has 1 aromatic carbocycles. The molecular weight excluding hydrogens is 328 g/mol. The van der Waals surface area contributed by atoms with Crippen molar-refractivity contribution in [3.63, 3.8) is 0 Å². The Labute approximate surface area is 124 Å². The molecule has 1 fully saturated rings. The number of anilines is 1. The van der Waals surface area contributed by atoms with Crippen molar-refractivity contribution in [2.45, 2.75) is 18.9 Å². The van der Waals surface area contributed by atoms with Crippen LogP contribution in [0.25, 0.3) is 0 Å². The molecule has 1 heterocycles. The van der Waals surface area contributed by atoms with Gasteiger partial charge in [0.25, 0.3) is 0 Å². The van der Waals surface area contributed by atoms with Gasteiger partial charge in [-0.15, -0.1) is 0 Å². The molecule has 1 aliphatic rings. The minimum absolute atomic E-state index is 0.110. The lowest BCUT2D eigenvalue weighted by Gasteiger charge is -2.23. The molecule has 2 amide bonds. The van der Waals surface area contributed by atoms with Gasteiger partial charge in [0, 0.05) is 11.1 Å². The lowest BCUT2D eigenvalue weighted by atomic mass is 10.0. The van der Waals surface area contributed by atoms with E-state index < -0.39 is 5.97 Å². The summed E-state index contributed by atoms with van der Waals surface area (Å²) in [4.78, 5) is 22.9. The highest BCUT2D eigenvalue weighted by Crippen LogP contribution is 2.24. The Bertz CT molecular complexity index is 541. The second kappa shape index (κ2) is 5.80. The summed E-state index contributed by atoms with van der Waals surface area (Å²) in [7, 11) is 0. The van der Waals surface area contributed by atoms with Crippen molar-refractivity contribution in [1.82, 2.24) is 5.32 Å². The number of carbonyl (C=O) groups is 2. The highest BCUT2D eigenvalue weighted by molar-refractivity contribution is 9.10. The zero-order valence-electron chi connectivity index (χ0n) is 10.9. The van der Waals surface area contributed by atoms with Crippen LogP contribution in [0.15, 0.2) is 22.7 Å². The van der Waals surface area contributed by atoms with Gasteiger partial charge in [0.2, 0.25) is 0 Å². The van der Waals surface area contributed by atoms with E-state index in [0.29, 0.717) is 23.4 Å². The highest BCUT2D eigenvalue weighted by Gasteiger charge is 2.31. The first-order valence-corrected chi connectivity index (χ1v) is 6.89. The summed E-state index contributed by atoms with van der Waals surface area (Å²) < 4.78 is 5.87. The van der Waals surface area contributed by atoms with Crippen molar-refractivity contribution >= 4 is 33.6 Å². The molecule has 108 valence electrons. The first-order valence-electron chi connectivity index (χ1n) is 6.09. The molecular formula is C13H15BrN2O4. The van der Waals surface area contributed by atoms with Gasteiger partial charge >= 0.3 is 12.0 Å². The molecule has 0 radical (unpaired) electrons. The van der Waals surface area contributed by atoms with Crippen molar-refractivity contribution in [2.75, 3.05) is 18.5 Å². The Balaban J connectivity index is 2.07. The lowest BCUT2D eigenvalue weighted by molar-refractivity contribution is 0.0697. The average Bonchev–Trinajstić information content (AvgIpc) is 2.78. The van der Waals surface area contributed by atoms with Crippen molar-refractivity contribution in [2.24, 2.45) is 0 Å². The Kier molecular flexibility index (Phi) is 4.29. The normalized spacial score (nSPS) is 21.5. The van der Waals surface area contributed by atoms with E-state index in [0.717, 1.165) is 6.42 Å². The largest absolute Gasteiger partial charge is 0.478 e. The van der Waals surface area contributed by atoms with E-state index in [4.69, 9.17) is 9.84 Å². The molecule has 1 aliphatic heterocycles. The van der Waals surface area contributed by atoms with E-state index >= 15 is 0 Å². The molecule has 0 saturated carbocycles. The van der Waals surface area contributed by atoms with E-state index in [9.17, 15) is 9.59 Å². The molecule has 1 atom stereocenters. The molecule has 1 aromatic rings. The maximum atomic E-state index is 12.0. The molecule has 1 unspecified atom stereocenters. The van der Waals surface area contributed by atoms with Gasteiger partial charge in [-0.3, -0.25) is 0 Å². The molecule has 0 bridgehead atoms. The molecule has 0 aromatic heterocycles. The van der Waals surface area contributed by atoms with E-state index in [2.05, 4.69) is 26.6 Å². The Hall–Kier alpha value is -1.60. The highest BCUT2D eigenvalue weighted by atomic mass is 79.9. The molecule has 0 spiro atoms. The van der Waals surface area contributed by atoms with Crippen LogP contribution in [0.4, 0.5) is 10.5 Å². The number of halogens is 1. The maximum absolute atomic E-state index is 12.0. The monoisotopic (exact) mass is 342 g/mol.